The predicted molar refractivity (Wildman–Crippen MR) is 205 cm³/mol. The Morgan fingerprint density at radius 2 is 1.29 bits per heavy atom. The quantitative estimate of drug-likeness (QED) is 0.0948. The maximum Gasteiger partial charge on any atom is 0.0799 e. The Morgan fingerprint density at radius 1 is 0.688 bits per heavy atom. The van der Waals surface area contributed by atoms with Crippen molar-refractivity contribution < 1.29 is 24.2 Å². The van der Waals surface area contributed by atoms with Gasteiger partial charge in [0.05, 0.1) is 8.07 Å². The van der Waals surface area contributed by atoms with Crippen LogP contribution in [-0.2, 0) is 26.5 Å². The molecule has 1 radical (unpaired) electrons. The topological polar surface area (TPSA) is 25.8 Å². The molecule has 0 aliphatic carbocycles. The van der Waals surface area contributed by atoms with E-state index in [1.165, 1.54) is 32.1 Å². The van der Waals surface area contributed by atoms with Crippen LogP contribution >= 0.6 is 0 Å². The van der Waals surface area contributed by atoms with Crippen LogP contribution < -0.4 is 5.19 Å². The van der Waals surface area contributed by atoms with Gasteiger partial charge in [-0.2, -0.15) is 0 Å². The Morgan fingerprint density at radius 3 is 1.88 bits per heavy atom. The van der Waals surface area contributed by atoms with Crippen LogP contribution in [0.5, 0.6) is 0 Å². The maximum absolute atomic E-state index is 8.44. The number of hydrogen-bond donors (Lipinski definition) is 0. The fraction of sp³-hybridized carbons (Fsp3) is 0.227. The van der Waals surface area contributed by atoms with Gasteiger partial charge >= 0.3 is 0 Å². The number of pyridine rings is 2. The molecule has 0 spiro atoms. The van der Waals surface area contributed by atoms with Gasteiger partial charge in [-0.25, -0.2) is 0 Å². The zero-order valence-electron chi connectivity index (χ0n) is 31.8. The summed E-state index contributed by atoms with van der Waals surface area (Å²) < 4.78 is 25.3. The molecule has 245 valence electrons. The van der Waals surface area contributed by atoms with Crippen molar-refractivity contribution in [3.05, 3.63) is 139 Å². The van der Waals surface area contributed by atoms with E-state index in [2.05, 4.69) is 102 Å². The zero-order valence-corrected chi connectivity index (χ0v) is 32.2. The van der Waals surface area contributed by atoms with E-state index < -0.39 is 20.3 Å². The van der Waals surface area contributed by atoms with E-state index in [1.54, 1.807) is 12.3 Å². The number of fused-ring (bicyclic) bond motifs is 6. The molecule has 0 bridgehead atoms. The molecule has 0 fully saturated rings. The summed E-state index contributed by atoms with van der Waals surface area (Å²) in [6, 6.07) is 41.3. The minimum Gasteiger partial charge on any atom is -0.305 e. The van der Waals surface area contributed by atoms with E-state index in [1.807, 2.05) is 70.3 Å². The Balaban J connectivity index is 0.000000211. The predicted octanol–water partition coefficient (Wildman–Crippen LogP) is 11.4. The van der Waals surface area contributed by atoms with Gasteiger partial charge < -0.3 is 9.97 Å². The van der Waals surface area contributed by atoms with Crippen LogP contribution in [0.1, 0.15) is 48.8 Å². The normalized spacial score (nSPS) is 13.0. The average Bonchev–Trinajstić information content (AvgIpc) is 3.11. The SMILES string of the molecule is [2H]C(C)(C)c1cc(-c2[c-]cccc2)ncc1[Si](C)(C)C.[2H]C([2H])(c1ccnc(-c2[c-]cc3c4ccccc4c4ccccc4c3c2)c1)C(C)C.[Ir]. The first-order valence-electron chi connectivity index (χ1n) is 17.9. The summed E-state index contributed by atoms with van der Waals surface area (Å²) in [6.45, 7) is 14.6. The second kappa shape index (κ2) is 15.1. The number of rotatable bonds is 6. The van der Waals surface area contributed by atoms with Crippen molar-refractivity contribution in [1.29, 1.82) is 0 Å². The van der Waals surface area contributed by atoms with Gasteiger partial charge in [0.15, 0.2) is 0 Å². The number of benzene rings is 5. The first-order chi connectivity index (χ1) is 23.7. The molecule has 5 aromatic carbocycles. The van der Waals surface area contributed by atoms with Crippen LogP contribution in [-0.4, -0.2) is 18.0 Å². The van der Waals surface area contributed by atoms with Crippen LogP contribution in [0, 0.1) is 18.1 Å². The van der Waals surface area contributed by atoms with Crippen molar-refractivity contribution in [2.45, 2.75) is 59.6 Å². The van der Waals surface area contributed by atoms with E-state index in [0.717, 1.165) is 33.5 Å². The maximum atomic E-state index is 8.44. The first kappa shape index (κ1) is 31.3. The molecule has 7 rings (SSSR count). The fourth-order valence-electron chi connectivity index (χ4n) is 6.16. The van der Waals surface area contributed by atoms with E-state index in [4.69, 9.17) is 4.11 Å². The van der Waals surface area contributed by atoms with Crippen molar-refractivity contribution in [1.82, 2.24) is 9.97 Å². The van der Waals surface area contributed by atoms with Gasteiger partial charge in [-0.15, -0.1) is 59.7 Å². The van der Waals surface area contributed by atoms with Crippen LogP contribution in [0.2, 0.25) is 19.6 Å². The minimum atomic E-state index is -1.50. The van der Waals surface area contributed by atoms with Crippen LogP contribution in [0.4, 0.5) is 0 Å². The summed E-state index contributed by atoms with van der Waals surface area (Å²) in [5.41, 5.74) is 5.27. The molecular weight excluding hydrogens is 777 g/mol. The molecule has 0 N–H and O–H groups in total. The summed E-state index contributed by atoms with van der Waals surface area (Å²) in [6.07, 6.45) is 2.27. The average molecular weight is 824 g/mol. The standard InChI is InChI=1S/C27H22N.C17H22NSi.Ir/c1-18(2)15-19-13-14-28-27(16-19)20-11-12-25-23-9-4-3-7-21(23)22-8-5-6-10-24(22)26(25)17-20;1-13(2)15-11-16(14-9-7-6-8-10-14)18-12-17(15)19(3,4)5;/h3-10,12-14,16-18H,15H2,1-2H3;6-9,11-13H,1-5H3;/q2*-1;/i15D2;13D;. The van der Waals surface area contributed by atoms with Gasteiger partial charge in [0.1, 0.15) is 0 Å². The van der Waals surface area contributed by atoms with Crippen LogP contribution in [0.3, 0.4) is 0 Å². The molecule has 2 heterocycles. The molecule has 0 amide bonds. The molecule has 2 aromatic heterocycles. The Labute approximate surface area is 305 Å². The Kier molecular flexibility index (Phi) is 9.84. The van der Waals surface area contributed by atoms with Crippen molar-refractivity contribution in [2.24, 2.45) is 5.92 Å². The summed E-state index contributed by atoms with van der Waals surface area (Å²) in [4.78, 5) is 9.14. The second-order valence-corrected chi connectivity index (χ2v) is 18.7. The Hall–Kier alpha value is -3.95. The molecule has 0 saturated heterocycles. The third kappa shape index (κ3) is 7.68. The summed E-state index contributed by atoms with van der Waals surface area (Å²) >= 11 is 0. The van der Waals surface area contributed by atoms with E-state index >= 15 is 0 Å². The van der Waals surface area contributed by atoms with Crippen molar-refractivity contribution >= 4 is 45.6 Å². The van der Waals surface area contributed by atoms with Crippen molar-refractivity contribution in [3.8, 4) is 22.5 Å². The molecule has 0 aliphatic rings. The molecule has 48 heavy (non-hydrogen) atoms. The van der Waals surface area contributed by atoms with Crippen LogP contribution in [0.25, 0.3) is 54.8 Å². The zero-order chi connectivity index (χ0) is 35.8. The second-order valence-electron chi connectivity index (χ2n) is 13.6. The molecule has 7 aromatic rings. The van der Waals surface area contributed by atoms with Gasteiger partial charge in [-0.3, -0.25) is 0 Å². The minimum absolute atomic E-state index is 0. The largest absolute Gasteiger partial charge is 0.305 e. The molecule has 0 atom stereocenters. The van der Waals surface area contributed by atoms with E-state index in [9.17, 15) is 0 Å². The summed E-state index contributed by atoms with van der Waals surface area (Å²) in [5.74, 6) is -0.731. The number of nitrogens with zero attached hydrogens (tertiary/aromatic N) is 2. The summed E-state index contributed by atoms with van der Waals surface area (Å²) in [7, 11) is -1.50. The molecule has 0 aliphatic heterocycles. The first-order valence-corrected chi connectivity index (χ1v) is 19.9. The van der Waals surface area contributed by atoms with Gasteiger partial charge in [0.25, 0.3) is 0 Å². The fourth-order valence-corrected chi connectivity index (χ4v) is 7.74. The molecule has 0 unspecified atom stereocenters. The van der Waals surface area contributed by atoms with Gasteiger partial charge in [0, 0.05) is 36.6 Å². The van der Waals surface area contributed by atoms with E-state index in [0.29, 0.717) is 5.56 Å². The summed E-state index contributed by atoms with van der Waals surface area (Å²) in [5, 5.41) is 8.50. The Bertz CT molecular complexity index is 2270. The molecule has 2 nitrogen and oxygen atoms in total. The van der Waals surface area contributed by atoms with Crippen LogP contribution in [0.15, 0.2) is 116 Å². The van der Waals surface area contributed by atoms with Gasteiger partial charge in [0.2, 0.25) is 0 Å². The third-order valence-corrected chi connectivity index (χ3v) is 10.4. The molecular formula is C44H44IrN2Si-2. The third-order valence-electron chi connectivity index (χ3n) is 8.40. The molecule has 0 saturated carbocycles. The van der Waals surface area contributed by atoms with E-state index in [-0.39, 0.29) is 26.0 Å². The number of hydrogen-bond acceptors (Lipinski definition) is 2. The van der Waals surface area contributed by atoms with Crippen molar-refractivity contribution in [2.75, 3.05) is 0 Å². The smallest absolute Gasteiger partial charge is 0.0799 e. The van der Waals surface area contributed by atoms with Crippen molar-refractivity contribution in [3.63, 3.8) is 0 Å². The monoisotopic (exact) mass is 824 g/mol. The number of aromatic nitrogens is 2. The van der Waals surface area contributed by atoms with Gasteiger partial charge in [-0.05, 0) is 57.0 Å². The molecule has 4 heteroatoms. The van der Waals surface area contributed by atoms with Gasteiger partial charge in [-0.1, -0.05) is 135 Å².